The van der Waals surface area contributed by atoms with E-state index in [0.717, 1.165) is 6.07 Å². The number of anilines is 1. The van der Waals surface area contributed by atoms with Gasteiger partial charge < -0.3 is 19.6 Å². The van der Waals surface area contributed by atoms with E-state index in [1.807, 2.05) is 0 Å². The maximum absolute atomic E-state index is 13.2. The van der Waals surface area contributed by atoms with Crippen molar-refractivity contribution >= 4 is 17.9 Å². The van der Waals surface area contributed by atoms with Crippen molar-refractivity contribution in [3.8, 4) is 0 Å². The number of carbonyl (C=O) groups is 1. The fraction of sp³-hybridized carbons (Fsp3) is 0.571. The summed E-state index contributed by atoms with van der Waals surface area (Å²) in [5.41, 5.74) is -6.51. The second-order valence-electron chi connectivity index (χ2n) is 8.43. The monoisotopic (exact) mass is 468 g/mol. The summed E-state index contributed by atoms with van der Waals surface area (Å²) >= 11 is 0. The molecule has 11 heteroatoms. The van der Waals surface area contributed by atoms with E-state index in [4.69, 9.17) is 4.74 Å². The molecule has 1 aliphatic heterocycles. The summed E-state index contributed by atoms with van der Waals surface area (Å²) in [4.78, 5) is 15.4. The second-order valence-corrected chi connectivity index (χ2v) is 8.43. The van der Waals surface area contributed by atoms with Crippen molar-refractivity contribution < 1.29 is 41.0 Å². The molecule has 1 aromatic carbocycles. The molecule has 1 aliphatic rings. The van der Waals surface area contributed by atoms with Crippen LogP contribution in [0.3, 0.4) is 0 Å². The predicted octanol–water partition coefficient (Wildman–Crippen LogP) is 5.09. The van der Waals surface area contributed by atoms with E-state index in [2.05, 4.69) is 0 Å². The first-order chi connectivity index (χ1) is 14.5. The fourth-order valence-electron chi connectivity index (χ4n) is 3.33. The Morgan fingerprint density at radius 1 is 1.00 bits per heavy atom. The van der Waals surface area contributed by atoms with Gasteiger partial charge >= 0.3 is 18.4 Å². The van der Waals surface area contributed by atoms with Crippen molar-refractivity contribution in [2.45, 2.75) is 51.2 Å². The molecule has 0 spiro atoms. The minimum absolute atomic E-state index is 0.0858. The van der Waals surface area contributed by atoms with Crippen LogP contribution in [0.5, 0.6) is 0 Å². The van der Waals surface area contributed by atoms with Gasteiger partial charge in [-0.3, -0.25) is 0 Å². The predicted molar refractivity (Wildman–Crippen MR) is 107 cm³/mol. The van der Waals surface area contributed by atoms with Gasteiger partial charge in [0.1, 0.15) is 5.60 Å². The van der Waals surface area contributed by atoms with Crippen LogP contribution in [0.15, 0.2) is 24.3 Å². The molecule has 2 rings (SSSR count). The highest BCUT2D eigenvalue weighted by atomic mass is 19.4. The number of halogens is 6. The van der Waals surface area contributed by atoms with E-state index in [1.54, 1.807) is 32.6 Å². The Kier molecular flexibility index (Phi) is 7.13. The molecule has 32 heavy (non-hydrogen) atoms. The zero-order valence-corrected chi connectivity index (χ0v) is 18.1. The summed E-state index contributed by atoms with van der Waals surface area (Å²) in [6.07, 6.45) is -9.58. The number of aliphatic hydroxyl groups is 1. The number of alkyl halides is 6. The third kappa shape index (κ3) is 5.31. The van der Waals surface area contributed by atoms with E-state index < -0.39 is 35.2 Å². The van der Waals surface area contributed by atoms with Crippen LogP contribution in [0.25, 0.3) is 6.08 Å². The van der Waals surface area contributed by atoms with E-state index in [9.17, 15) is 36.2 Å². The largest absolute Gasteiger partial charge is 0.444 e. The molecule has 1 amide bonds. The minimum Gasteiger partial charge on any atom is -0.444 e. The van der Waals surface area contributed by atoms with Crippen molar-refractivity contribution in [1.82, 2.24) is 4.90 Å². The van der Waals surface area contributed by atoms with Crippen molar-refractivity contribution in [3.63, 3.8) is 0 Å². The first-order valence-electron chi connectivity index (χ1n) is 9.87. The molecule has 0 saturated carbocycles. The molecular weight excluding hydrogens is 442 g/mol. The highest BCUT2D eigenvalue weighted by Crippen LogP contribution is 2.50. The number of carbonyl (C=O) groups excluding carboxylic acids is 1. The third-order valence-corrected chi connectivity index (χ3v) is 4.88. The molecule has 1 saturated heterocycles. The Hall–Kier alpha value is -2.43. The lowest BCUT2D eigenvalue weighted by Crippen LogP contribution is -2.54. The summed E-state index contributed by atoms with van der Waals surface area (Å²) in [6.45, 7) is 7.88. The molecule has 0 aliphatic carbocycles. The number of nitrogens with zero attached hydrogens (tertiary/aromatic N) is 2. The summed E-state index contributed by atoms with van der Waals surface area (Å²) in [5.74, 6) is 0. The maximum atomic E-state index is 13.2. The Labute approximate surface area is 182 Å². The summed E-state index contributed by atoms with van der Waals surface area (Å²) < 4.78 is 84.8. The number of amides is 1. The molecule has 0 bridgehead atoms. The summed E-state index contributed by atoms with van der Waals surface area (Å²) in [7, 11) is 0. The van der Waals surface area contributed by atoms with Crippen LogP contribution in [0, 0.1) is 0 Å². The Bertz CT molecular complexity index is 837. The fourth-order valence-corrected chi connectivity index (χ4v) is 3.33. The number of hydrogen-bond donors (Lipinski definition) is 1. The minimum atomic E-state index is -5.96. The van der Waals surface area contributed by atoms with Gasteiger partial charge in [-0.25, -0.2) is 4.79 Å². The van der Waals surface area contributed by atoms with Crippen LogP contribution < -0.4 is 4.90 Å². The van der Waals surface area contributed by atoms with Crippen LogP contribution in [-0.2, 0) is 10.3 Å². The van der Waals surface area contributed by atoms with Gasteiger partial charge in [-0.05, 0) is 45.4 Å². The first-order valence-corrected chi connectivity index (χ1v) is 9.87. The molecule has 1 fully saturated rings. The number of rotatable bonds is 3. The molecule has 0 unspecified atom stereocenters. The van der Waals surface area contributed by atoms with Gasteiger partial charge in [-0.1, -0.05) is 18.2 Å². The average Bonchev–Trinajstić information content (AvgIpc) is 2.64. The normalized spacial score (nSPS) is 16.6. The van der Waals surface area contributed by atoms with Gasteiger partial charge in [0, 0.05) is 37.4 Å². The second kappa shape index (κ2) is 8.84. The van der Waals surface area contributed by atoms with Crippen LogP contribution in [0.2, 0.25) is 0 Å². The van der Waals surface area contributed by atoms with Crippen LogP contribution in [0.1, 0.15) is 38.8 Å². The van der Waals surface area contributed by atoms with Gasteiger partial charge in [0.15, 0.2) is 0 Å². The van der Waals surface area contributed by atoms with E-state index in [1.165, 1.54) is 17.1 Å². The maximum Gasteiger partial charge on any atom is 0.430 e. The van der Waals surface area contributed by atoms with Crippen molar-refractivity contribution in [1.29, 1.82) is 0 Å². The van der Waals surface area contributed by atoms with E-state index >= 15 is 0 Å². The van der Waals surface area contributed by atoms with Gasteiger partial charge in [-0.15, -0.1) is 0 Å². The Morgan fingerprint density at radius 2 is 1.53 bits per heavy atom. The Balaban J connectivity index is 2.33. The van der Waals surface area contributed by atoms with Crippen molar-refractivity contribution in [3.05, 3.63) is 35.4 Å². The van der Waals surface area contributed by atoms with Gasteiger partial charge in [0.25, 0.3) is 5.60 Å². The number of allylic oxidation sites excluding steroid dienone is 1. The third-order valence-electron chi connectivity index (χ3n) is 4.88. The molecule has 0 radical (unpaired) electrons. The lowest BCUT2D eigenvalue weighted by atomic mass is 9.90. The summed E-state index contributed by atoms with van der Waals surface area (Å²) in [6, 6.07) is 2.44. The first kappa shape index (κ1) is 25.8. The average molecular weight is 468 g/mol. The number of hydrogen-bond acceptors (Lipinski definition) is 4. The van der Waals surface area contributed by atoms with Gasteiger partial charge in [0.05, 0.1) is 0 Å². The highest BCUT2D eigenvalue weighted by Gasteiger charge is 2.71. The smallest absolute Gasteiger partial charge is 0.430 e. The number of ether oxygens (including phenoxy) is 1. The molecule has 180 valence electrons. The number of benzene rings is 1. The van der Waals surface area contributed by atoms with Crippen LogP contribution >= 0.6 is 0 Å². The summed E-state index contributed by atoms with van der Waals surface area (Å²) in [5, 5.41) is 9.69. The van der Waals surface area contributed by atoms with E-state index in [0.29, 0.717) is 30.9 Å². The van der Waals surface area contributed by atoms with Crippen molar-refractivity contribution in [2.24, 2.45) is 0 Å². The van der Waals surface area contributed by atoms with Crippen LogP contribution in [0.4, 0.5) is 36.8 Å². The Morgan fingerprint density at radius 3 is 1.97 bits per heavy atom. The molecule has 5 nitrogen and oxygen atoms in total. The SMILES string of the molecule is C/C=C\c1cc(C(O)(C(F)(F)F)C(F)(F)F)ccc1N1CCN(C(=O)OC(C)(C)C)CC1. The molecule has 1 aromatic rings. The van der Waals surface area contributed by atoms with Crippen molar-refractivity contribution in [2.75, 3.05) is 31.1 Å². The molecular formula is C21H26F6N2O3. The zero-order valence-electron chi connectivity index (χ0n) is 18.1. The van der Waals surface area contributed by atoms with Crippen LogP contribution in [-0.4, -0.2) is 60.2 Å². The van der Waals surface area contributed by atoms with Gasteiger partial charge in [-0.2, -0.15) is 26.3 Å². The lowest BCUT2D eigenvalue weighted by molar-refractivity contribution is -0.376. The molecule has 1 heterocycles. The highest BCUT2D eigenvalue weighted by molar-refractivity contribution is 5.71. The van der Waals surface area contributed by atoms with Gasteiger partial charge in [0.2, 0.25) is 0 Å². The number of piperazine rings is 1. The molecule has 0 aromatic heterocycles. The molecule has 0 atom stereocenters. The standard InChI is InChI=1S/C21H26F6N2O3/c1-5-6-14-13-15(19(31,20(22,23)24)21(25,26)27)7-8-16(14)28-9-11-29(12-10-28)17(30)32-18(2,3)4/h5-8,13,31H,9-12H2,1-4H3/b6-5-. The topological polar surface area (TPSA) is 53.0 Å². The molecule has 1 N–H and O–H groups in total. The quantitative estimate of drug-likeness (QED) is 0.628. The lowest BCUT2D eigenvalue weighted by Gasteiger charge is -2.38. The van der Waals surface area contributed by atoms with E-state index in [-0.39, 0.29) is 18.7 Å². The zero-order chi connectivity index (χ0) is 24.5.